The molecule has 0 saturated carbocycles. The first-order valence-electron chi connectivity index (χ1n) is 8.60. The van der Waals surface area contributed by atoms with E-state index in [4.69, 9.17) is 8.22 Å². The van der Waals surface area contributed by atoms with Crippen molar-refractivity contribution >= 4 is 0 Å². The Morgan fingerprint density at radius 3 is 1.76 bits per heavy atom. The Bertz CT molecular complexity index is 629. The highest BCUT2D eigenvalue weighted by Crippen LogP contribution is 2.31. The number of benzene rings is 2. The quantitative estimate of drug-likeness (QED) is 0.779. The molecule has 0 N–H and O–H groups in total. The summed E-state index contributed by atoms with van der Waals surface area (Å²) in [4.78, 5) is 0.991. The molecule has 0 amide bonds. The van der Waals surface area contributed by atoms with Gasteiger partial charge in [-0.2, -0.15) is 0 Å². The van der Waals surface area contributed by atoms with Crippen LogP contribution in [0.5, 0.6) is 0 Å². The Balaban J connectivity index is 2.14. The molecule has 0 radical (unpaired) electrons. The van der Waals surface area contributed by atoms with Crippen LogP contribution >= 0.6 is 0 Å². The normalized spacial score (nSPS) is 29.9. The zero-order valence-corrected chi connectivity index (χ0v) is 9.30. The number of hydrogen-bond donors (Lipinski definition) is 0. The van der Waals surface area contributed by atoms with Crippen molar-refractivity contribution in [3.8, 4) is 0 Å². The Labute approximate surface area is 111 Å². The highest BCUT2D eigenvalue weighted by molar-refractivity contribution is 5.32. The number of rotatable bonds is 3. The van der Waals surface area contributed by atoms with Crippen LogP contribution in [0.15, 0.2) is 60.7 Å². The zero-order chi connectivity index (χ0) is 16.9. The van der Waals surface area contributed by atoms with E-state index < -0.39 is 25.4 Å². The summed E-state index contributed by atoms with van der Waals surface area (Å²) < 4.78 is 48.0. The largest absolute Gasteiger partial charge is 0.292 e. The molecule has 1 fully saturated rings. The molecule has 0 aliphatic carbocycles. The van der Waals surface area contributed by atoms with E-state index >= 15 is 0 Å². The fourth-order valence-electron chi connectivity index (χ4n) is 2.01. The molecule has 2 aromatic rings. The molecule has 0 bridgehead atoms. The van der Waals surface area contributed by atoms with Crippen molar-refractivity contribution < 1.29 is 8.22 Å². The van der Waals surface area contributed by atoms with E-state index in [0.717, 1.165) is 16.0 Å². The van der Waals surface area contributed by atoms with Crippen molar-refractivity contribution in [3.05, 3.63) is 71.8 Å². The third-order valence-electron chi connectivity index (χ3n) is 2.84. The third-order valence-corrected chi connectivity index (χ3v) is 2.84. The average molecular weight is 229 g/mol. The standard InChI is InChI=1S/C16H17N/c1-3-8-14(9-4-1)16(17-12-7-13-17)15-10-5-2-6-11-15/h1-6,8-11,16H,7,12-13H2/i7D2,12D2,13D2. The molecule has 1 heterocycles. The van der Waals surface area contributed by atoms with Gasteiger partial charge in [-0.3, -0.25) is 4.90 Å². The fraction of sp³-hybridized carbons (Fsp3) is 0.250. The summed E-state index contributed by atoms with van der Waals surface area (Å²) in [5.41, 5.74) is 1.45. The zero-order valence-electron chi connectivity index (χ0n) is 15.3. The highest BCUT2D eigenvalue weighted by atomic mass is 15.2. The van der Waals surface area contributed by atoms with Gasteiger partial charge in [-0.25, -0.2) is 0 Å². The van der Waals surface area contributed by atoms with Crippen LogP contribution in [0.3, 0.4) is 0 Å². The Morgan fingerprint density at radius 2 is 1.29 bits per heavy atom. The number of hydrogen-bond acceptors (Lipinski definition) is 1. The molecule has 2 aromatic carbocycles. The van der Waals surface area contributed by atoms with Crippen molar-refractivity contribution in [2.24, 2.45) is 0 Å². The van der Waals surface area contributed by atoms with Gasteiger partial charge in [0.1, 0.15) is 0 Å². The molecule has 1 saturated heterocycles. The smallest absolute Gasteiger partial charge is 0.0601 e. The van der Waals surface area contributed by atoms with Crippen molar-refractivity contribution in [2.75, 3.05) is 13.0 Å². The van der Waals surface area contributed by atoms with Gasteiger partial charge >= 0.3 is 0 Å². The first kappa shape index (κ1) is 5.83. The molecule has 1 nitrogen and oxygen atoms in total. The lowest BCUT2D eigenvalue weighted by Crippen LogP contribution is -2.40. The molecular weight excluding hydrogens is 206 g/mol. The van der Waals surface area contributed by atoms with Crippen LogP contribution in [0.2, 0.25) is 0 Å². The minimum atomic E-state index is -2.58. The number of nitrogens with zero attached hydrogens (tertiary/aromatic N) is 1. The predicted octanol–water partition coefficient (Wildman–Crippen LogP) is 3.48. The maximum absolute atomic E-state index is 8.09. The van der Waals surface area contributed by atoms with E-state index in [1.807, 2.05) is 36.4 Å². The van der Waals surface area contributed by atoms with Crippen LogP contribution in [0.4, 0.5) is 0 Å². The first-order valence-corrected chi connectivity index (χ1v) is 5.60. The molecule has 0 spiro atoms. The highest BCUT2D eigenvalue weighted by Gasteiger charge is 2.26. The van der Waals surface area contributed by atoms with E-state index in [1.54, 1.807) is 24.3 Å². The fourth-order valence-corrected chi connectivity index (χ4v) is 2.01. The average Bonchev–Trinajstić information content (AvgIpc) is 2.53. The molecule has 1 aliphatic heterocycles. The van der Waals surface area contributed by atoms with E-state index in [2.05, 4.69) is 0 Å². The summed E-state index contributed by atoms with van der Waals surface area (Å²) in [6.07, 6.45) is -2.58. The summed E-state index contributed by atoms with van der Waals surface area (Å²) >= 11 is 0. The molecule has 0 aromatic heterocycles. The SMILES string of the molecule is [2H]C1([2H])N(C(c2ccccc2)c2ccccc2)C([2H])([2H])C1([2H])[2H]. The van der Waals surface area contributed by atoms with Crippen molar-refractivity contribution in [3.63, 3.8) is 0 Å². The predicted molar refractivity (Wildman–Crippen MR) is 70.9 cm³/mol. The van der Waals surface area contributed by atoms with E-state index in [0.29, 0.717) is 0 Å². The van der Waals surface area contributed by atoms with Crippen molar-refractivity contribution in [1.82, 2.24) is 4.90 Å². The maximum Gasteiger partial charge on any atom is 0.0601 e. The van der Waals surface area contributed by atoms with Gasteiger partial charge in [-0.05, 0) is 17.5 Å². The van der Waals surface area contributed by atoms with E-state index in [-0.39, 0.29) is 0 Å². The van der Waals surface area contributed by atoms with Gasteiger partial charge in [0.2, 0.25) is 0 Å². The minimum Gasteiger partial charge on any atom is -0.292 e. The van der Waals surface area contributed by atoms with Gasteiger partial charge < -0.3 is 0 Å². The first-order chi connectivity index (χ1) is 10.7. The molecule has 0 unspecified atom stereocenters. The van der Waals surface area contributed by atoms with Crippen molar-refractivity contribution in [1.29, 1.82) is 0 Å². The molecule has 3 rings (SSSR count). The summed E-state index contributed by atoms with van der Waals surface area (Å²) in [5.74, 6) is 0. The van der Waals surface area contributed by atoms with Gasteiger partial charge in [0.15, 0.2) is 0 Å². The lowest BCUT2D eigenvalue weighted by atomic mass is 9.95. The number of likely N-dealkylation sites (tertiary alicyclic amines) is 1. The van der Waals surface area contributed by atoms with Gasteiger partial charge in [-0.1, -0.05) is 60.7 Å². The van der Waals surface area contributed by atoms with Gasteiger partial charge in [0, 0.05) is 21.2 Å². The topological polar surface area (TPSA) is 3.24 Å². The Hall–Kier alpha value is -1.60. The van der Waals surface area contributed by atoms with Crippen LogP contribution in [0.1, 0.15) is 31.8 Å². The van der Waals surface area contributed by atoms with Crippen LogP contribution < -0.4 is 0 Å². The Morgan fingerprint density at radius 1 is 0.824 bits per heavy atom. The van der Waals surface area contributed by atoms with Crippen molar-refractivity contribution in [2.45, 2.75) is 12.4 Å². The molecule has 86 valence electrons. The second kappa shape index (κ2) is 4.72. The summed E-state index contributed by atoms with van der Waals surface area (Å²) in [5, 5.41) is 0. The molecule has 17 heavy (non-hydrogen) atoms. The van der Waals surface area contributed by atoms with Gasteiger partial charge in [0.05, 0.1) is 6.04 Å². The minimum absolute atomic E-state index is 0.703. The summed E-state index contributed by atoms with van der Waals surface area (Å²) in [6, 6.07) is 17.4. The summed E-state index contributed by atoms with van der Waals surface area (Å²) in [7, 11) is 0. The Kier molecular flexibility index (Phi) is 1.62. The molecule has 0 atom stereocenters. The molecule has 1 heteroatoms. The van der Waals surface area contributed by atoms with Crippen LogP contribution in [0, 0.1) is 0 Å². The van der Waals surface area contributed by atoms with Gasteiger partial charge in [0.25, 0.3) is 0 Å². The van der Waals surface area contributed by atoms with Gasteiger partial charge in [-0.15, -0.1) is 0 Å². The monoisotopic (exact) mass is 229 g/mol. The summed E-state index contributed by atoms with van der Waals surface area (Å²) in [6.45, 7) is -4.82. The third kappa shape index (κ3) is 2.11. The lowest BCUT2D eigenvalue weighted by Gasteiger charge is -2.39. The van der Waals surface area contributed by atoms with Crippen LogP contribution in [-0.2, 0) is 0 Å². The van der Waals surface area contributed by atoms with E-state index in [9.17, 15) is 0 Å². The molecule has 1 aliphatic rings. The molecular formula is C16H17N. The second-order valence-corrected chi connectivity index (χ2v) is 3.94. The van der Waals surface area contributed by atoms with E-state index in [1.165, 1.54) is 0 Å². The lowest BCUT2D eigenvalue weighted by molar-refractivity contribution is 0.140. The maximum atomic E-state index is 8.09. The second-order valence-electron chi connectivity index (χ2n) is 3.94. The van der Waals surface area contributed by atoms with Crippen LogP contribution in [-0.4, -0.2) is 17.9 Å². The van der Waals surface area contributed by atoms with Crippen LogP contribution in [0.25, 0.3) is 0 Å².